The van der Waals surface area contributed by atoms with Crippen molar-refractivity contribution in [2.45, 2.75) is 58.3 Å². The molecule has 0 radical (unpaired) electrons. The van der Waals surface area contributed by atoms with Gasteiger partial charge in [-0.3, -0.25) is 0 Å². The Balaban J connectivity index is 2.89. The van der Waals surface area contributed by atoms with Gasteiger partial charge in [0.05, 0.1) is 6.61 Å². The number of nitrogens with one attached hydrogen (secondary N) is 1. The molecule has 0 bridgehead atoms. The monoisotopic (exact) mass is 449 g/mol. The van der Waals surface area contributed by atoms with E-state index in [9.17, 15) is 14.7 Å². The van der Waals surface area contributed by atoms with Crippen molar-refractivity contribution < 1.29 is 24.2 Å². The van der Waals surface area contributed by atoms with Crippen molar-refractivity contribution in [2.75, 3.05) is 6.61 Å². The Labute approximate surface area is 167 Å². The normalized spacial score (nSPS) is 13.7. The average molecular weight is 451 g/mol. The largest absolute Gasteiger partial charge is 0.464 e. The molecule has 2 N–H and O–H groups in total. The predicted molar refractivity (Wildman–Crippen MR) is 103 cm³/mol. The van der Waals surface area contributed by atoms with E-state index in [-0.39, 0.29) is 13.0 Å². The highest BCUT2D eigenvalue weighted by atomic mass is 79.9. The molecule has 1 rings (SSSR count). The quantitative estimate of drug-likeness (QED) is 0.616. The number of rotatable bonds is 7. The second-order valence-corrected chi connectivity index (χ2v) is 8.11. The Hall–Kier alpha value is -1.31. The average Bonchev–Trinajstić information content (AvgIpc) is 2.48. The van der Waals surface area contributed by atoms with Gasteiger partial charge < -0.3 is 19.9 Å². The highest BCUT2D eigenvalue weighted by Gasteiger charge is 2.26. The van der Waals surface area contributed by atoms with E-state index in [1.807, 2.05) is 12.1 Å². The topological polar surface area (TPSA) is 84.9 Å². The van der Waals surface area contributed by atoms with Crippen LogP contribution in [0.4, 0.5) is 4.79 Å². The maximum atomic E-state index is 12.1. The van der Waals surface area contributed by atoms with Crippen LogP contribution in [0.3, 0.4) is 0 Å². The van der Waals surface area contributed by atoms with E-state index in [1.165, 1.54) is 0 Å². The minimum atomic E-state index is -1.36. The van der Waals surface area contributed by atoms with Crippen LogP contribution >= 0.6 is 27.5 Å². The van der Waals surface area contributed by atoms with Crippen molar-refractivity contribution in [1.29, 1.82) is 0 Å². The molecule has 0 aliphatic heterocycles. The summed E-state index contributed by atoms with van der Waals surface area (Å²) in [5.74, 6) is -0.731. The Kier molecular flexibility index (Phi) is 8.86. The van der Waals surface area contributed by atoms with Crippen LogP contribution < -0.4 is 5.32 Å². The molecule has 6 nitrogen and oxygen atoms in total. The maximum Gasteiger partial charge on any atom is 0.407 e. The van der Waals surface area contributed by atoms with Crippen molar-refractivity contribution in [3.63, 3.8) is 0 Å². The lowest BCUT2D eigenvalue weighted by Gasteiger charge is -2.25. The second kappa shape index (κ2) is 10.1. The predicted octanol–water partition coefficient (Wildman–Crippen LogP) is 3.85. The third-order valence-electron chi connectivity index (χ3n) is 3.27. The molecule has 0 saturated carbocycles. The highest BCUT2D eigenvalue weighted by Crippen LogP contribution is 2.23. The van der Waals surface area contributed by atoms with Crippen molar-refractivity contribution in [2.24, 2.45) is 0 Å². The zero-order chi connectivity index (χ0) is 19.9. The first-order valence-corrected chi connectivity index (χ1v) is 9.47. The maximum absolute atomic E-state index is 12.1. The Bertz CT molecular complexity index is 632. The summed E-state index contributed by atoms with van der Waals surface area (Å²) in [6.07, 6.45) is -1.69. The summed E-state index contributed by atoms with van der Waals surface area (Å²) in [4.78, 5) is 23.8. The molecule has 0 fully saturated rings. The number of hydrogen-bond acceptors (Lipinski definition) is 5. The number of benzene rings is 1. The first-order valence-electron chi connectivity index (χ1n) is 8.30. The number of amides is 1. The van der Waals surface area contributed by atoms with Crippen LogP contribution in [0.5, 0.6) is 0 Å². The molecular weight excluding hydrogens is 426 g/mol. The summed E-state index contributed by atoms with van der Waals surface area (Å²) in [5.41, 5.74) is 0.107. The van der Waals surface area contributed by atoms with E-state index in [2.05, 4.69) is 21.2 Å². The van der Waals surface area contributed by atoms with Crippen LogP contribution in [-0.2, 0) is 20.7 Å². The Morgan fingerprint density at radius 2 is 2.00 bits per heavy atom. The number of hydrogen-bond donors (Lipinski definition) is 2. The van der Waals surface area contributed by atoms with Crippen molar-refractivity contribution in [1.82, 2.24) is 5.32 Å². The lowest BCUT2D eigenvalue weighted by atomic mass is 10.0. The van der Waals surface area contributed by atoms with Gasteiger partial charge in [-0.15, -0.1) is 0 Å². The van der Waals surface area contributed by atoms with E-state index in [1.54, 1.807) is 33.8 Å². The molecule has 8 heteroatoms. The minimum Gasteiger partial charge on any atom is -0.464 e. The minimum absolute atomic E-state index is 0.0233. The molecule has 2 atom stereocenters. The molecule has 0 spiro atoms. The van der Waals surface area contributed by atoms with Crippen molar-refractivity contribution >= 4 is 39.6 Å². The summed E-state index contributed by atoms with van der Waals surface area (Å²) in [6, 6.07) is 4.81. The van der Waals surface area contributed by atoms with Crippen molar-refractivity contribution in [3.05, 3.63) is 33.3 Å². The Morgan fingerprint density at radius 1 is 1.35 bits per heavy atom. The molecule has 1 amide bonds. The van der Waals surface area contributed by atoms with E-state index in [0.717, 1.165) is 10.0 Å². The Morgan fingerprint density at radius 3 is 2.54 bits per heavy atom. The first-order chi connectivity index (χ1) is 12.0. The van der Waals surface area contributed by atoms with Gasteiger partial charge in [0.25, 0.3) is 0 Å². The van der Waals surface area contributed by atoms with Crippen LogP contribution in [-0.4, -0.2) is 41.5 Å². The third-order valence-corrected chi connectivity index (χ3v) is 4.11. The fourth-order valence-corrected chi connectivity index (χ4v) is 2.97. The number of ether oxygens (including phenoxy) is 2. The van der Waals surface area contributed by atoms with E-state index < -0.39 is 29.8 Å². The van der Waals surface area contributed by atoms with Crippen LogP contribution in [0.2, 0.25) is 5.02 Å². The fraction of sp³-hybridized carbons (Fsp3) is 0.556. The van der Waals surface area contributed by atoms with Gasteiger partial charge in [0.15, 0.2) is 6.10 Å². The van der Waals surface area contributed by atoms with Crippen LogP contribution in [0.25, 0.3) is 0 Å². The van der Waals surface area contributed by atoms with Gasteiger partial charge in [0, 0.05) is 22.0 Å². The zero-order valence-electron chi connectivity index (χ0n) is 15.3. The number of aliphatic hydroxyl groups excluding tert-OH is 1. The molecule has 0 aliphatic rings. The van der Waals surface area contributed by atoms with Crippen LogP contribution in [0.1, 0.15) is 39.7 Å². The van der Waals surface area contributed by atoms with E-state index in [4.69, 9.17) is 21.1 Å². The van der Waals surface area contributed by atoms with Gasteiger partial charge in [-0.1, -0.05) is 33.6 Å². The second-order valence-electron chi connectivity index (χ2n) is 6.79. The SMILES string of the molecule is CCOC(=O)[C@H](O)C[C@@H](Cc1ccc(Br)cc1Cl)NC(=O)OC(C)(C)C. The van der Waals surface area contributed by atoms with Crippen LogP contribution in [0, 0.1) is 0 Å². The number of alkyl carbamates (subject to hydrolysis) is 1. The molecule has 0 unspecified atom stereocenters. The molecule has 0 saturated heterocycles. The molecule has 0 heterocycles. The molecular formula is C18H25BrClNO5. The summed E-state index contributed by atoms with van der Waals surface area (Å²) in [7, 11) is 0. The summed E-state index contributed by atoms with van der Waals surface area (Å²) in [6.45, 7) is 7.07. The van der Waals surface area contributed by atoms with E-state index in [0.29, 0.717) is 11.4 Å². The summed E-state index contributed by atoms with van der Waals surface area (Å²) in [5, 5.41) is 13.3. The summed E-state index contributed by atoms with van der Waals surface area (Å²) >= 11 is 9.57. The van der Waals surface area contributed by atoms with Gasteiger partial charge in [-0.2, -0.15) is 0 Å². The molecule has 0 aliphatic carbocycles. The number of carbonyl (C=O) groups is 2. The van der Waals surface area contributed by atoms with Gasteiger partial charge in [-0.25, -0.2) is 9.59 Å². The number of halogens is 2. The smallest absolute Gasteiger partial charge is 0.407 e. The molecule has 1 aromatic carbocycles. The number of aliphatic hydroxyl groups is 1. The number of carbonyl (C=O) groups excluding carboxylic acids is 2. The lowest BCUT2D eigenvalue weighted by molar-refractivity contribution is -0.153. The standard InChI is InChI=1S/C18H25BrClNO5/c1-5-25-16(23)15(22)10-13(21-17(24)26-18(2,3)4)8-11-6-7-12(19)9-14(11)20/h6-7,9,13,15,22H,5,8,10H2,1-4H3,(H,21,24)/t13-,15-/m1/s1. The van der Waals surface area contributed by atoms with Crippen LogP contribution in [0.15, 0.2) is 22.7 Å². The molecule has 26 heavy (non-hydrogen) atoms. The van der Waals surface area contributed by atoms with Gasteiger partial charge in [0.1, 0.15) is 5.60 Å². The molecule has 0 aromatic heterocycles. The zero-order valence-corrected chi connectivity index (χ0v) is 17.7. The molecule has 146 valence electrons. The fourth-order valence-electron chi connectivity index (χ4n) is 2.22. The molecule has 1 aromatic rings. The van der Waals surface area contributed by atoms with Gasteiger partial charge in [-0.05, 0) is 51.8 Å². The first kappa shape index (κ1) is 22.7. The van der Waals surface area contributed by atoms with Crippen molar-refractivity contribution in [3.8, 4) is 0 Å². The van der Waals surface area contributed by atoms with Gasteiger partial charge >= 0.3 is 12.1 Å². The highest BCUT2D eigenvalue weighted by molar-refractivity contribution is 9.10. The van der Waals surface area contributed by atoms with Gasteiger partial charge in [0.2, 0.25) is 0 Å². The summed E-state index contributed by atoms with van der Waals surface area (Å²) < 4.78 is 10.9. The third kappa shape index (κ3) is 8.38. The lowest BCUT2D eigenvalue weighted by Crippen LogP contribution is -2.43. The number of esters is 1. The van der Waals surface area contributed by atoms with E-state index >= 15 is 0 Å².